The number of nitrogens with one attached hydrogen (secondary N) is 1. The topological polar surface area (TPSA) is 159 Å². The Balaban J connectivity index is 2.47. The molecule has 1 aromatic heterocycles. The summed E-state index contributed by atoms with van der Waals surface area (Å²) in [6, 6.07) is 2.91. The van der Waals surface area contributed by atoms with E-state index in [1.54, 1.807) is 20.8 Å². The Morgan fingerprint density at radius 2 is 1.97 bits per heavy atom. The van der Waals surface area contributed by atoms with Gasteiger partial charge in [-0.25, -0.2) is 13.4 Å². The van der Waals surface area contributed by atoms with E-state index < -0.39 is 27.6 Å². The third kappa shape index (κ3) is 6.02. The van der Waals surface area contributed by atoms with Gasteiger partial charge in [-0.2, -0.15) is 9.71 Å². The van der Waals surface area contributed by atoms with Gasteiger partial charge in [-0.3, -0.25) is 4.79 Å². The van der Waals surface area contributed by atoms with E-state index in [0.29, 0.717) is 15.8 Å². The summed E-state index contributed by atoms with van der Waals surface area (Å²) in [6.07, 6.45) is 1.36. The van der Waals surface area contributed by atoms with Crippen molar-refractivity contribution in [1.82, 2.24) is 9.71 Å². The van der Waals surface area contributed by atoms with Crippen LogP contribution in [0.4, 0.5) is 5.82 Å². The number of fused-ring (bicyclic) bond motifs is 1. The number of halogens is 1. The number of esters is 1. The van der Waals surface area contributed by atoms with Gasteiger partial charge in [0.25, 0.3) is 0 Å². The van der Waals surface area contributed by atoms with Crippen molar-refractivity contribution in [2.45, 2.75) is 37.3 Å². The Bertz CT molecular complexity index is 1080. The molecule has 30 heavy (non-hydrogen) atoms. The number of aliphatic imine (C=N–C) groups is 1. The first-order valence-electron chi connectivity index (χ1n) is 8.76. The Hall–Kier alpha value is -2.47. The second kappa shape index (κ2) is 9.13. The Morgan fingerprint density at radius 1 is 1.30 bits per heavy atom. The first-order chi connectivity index (χ1) is 13.8. The van der Waals surface area contributed by atoms with Crippen LogP contribution in [0.25, 0.3) is 10.8 Å². The molecule has 1 heterocycles. The standard InChI is InChI=1S/C18H24ClN5O5S/c1-18(2,3)29-16(25)14(9-28-4)24-30(26,27)10-5-6-11-12(7-10)15(23-17(20)21)22-8-13(11)19/h5-8,14,24H,9H2,1-4H3,(H4,20,21,22,23)/t14-/m1/s1. The lowest BCUT2D eigenvalue weighted by molar-refractivity contribution is -0.158. The highest BCUT2D eigenvalue weighted by atomic mass is 35.5. The predicted molar refractivity (Wildman–Crippen MR) is 114 cm³/mol. The molecule has 0 saturated carbocycles. The third-order valence-electron chi connectivity index (χ3n) is 3.66. The van der Waals surface area contributed by atoms with E-state index in [2.05, 4.69) is 14.7 Å². The van der Waals surface area contributed by atoms with Gasteiger partial charge in [-0.15, -0.1) is 0 Å². The normalized spacial score (nSPS) is 13.1. The number of sulfonamides is 1. The second-order valence-electron chi connectivity index (χ2n) is 7.34. The average Bonchev–Trinajstić information content (AvgIpc) is 2.61. The Kier molecular flexibility index (Phi) is 7.24. The molecule has 10 nitrogen and oxygen atoms in total. The molecule has 2 rings (SSSR count). The fourth-order valence-electron chi connectivity index (χ4n) is 2.50. The molecule has 2 aromatic rings. The molecular formula is C18H24ClN5O5S. The van der Waals surface area contributed by atoms with Crippen molar-refractivity contribution in [3.05, 3.63) is 29.4 Å². The number of pyridine rings is 1. The van der Waals surface area contributed by atoms with E-state index in [9.17, 15) is 13.2 Å². The van der Waals surface area contributed by atoms with Crippen LogP contribution in [0.15, 0.2) is 34.3 Å². The van der Waals surface area contributed by atoms with Crippen LogP contribution in [0.1, 0.15) is 20.8 Å². The van der Waals surface area contributed by atoms with Crippen molar-refractivity contribution in [2.75, 3.05) is 13.7 Å². The maximum absolute atomic E-state index is 12.9. The number of benzene rings is 1. The van der Waals surface area contributed by atoms with Gasteiger partial charge in [-0.1, -0.05) is 17.7 Å². The third-order valence-corrected chi connectivity index (χ3v) is 5.43. The van der Waals surface area contributed by atoms with Gasteiger partial charge in [0.2, 0.25) is 10.0 Å². The molecule has 164 valence electrons. The van der Waals surface area contributed by atoms with Crippen LogP contribution in [0.2, 0.25) is 5.02 Å². The molecule has 1 aromatic carbocycles. The number of nitrogens with two attached hydrogens (primary N) is 2. The van der Waals surface area contributed by atoms with Gasteiger partial charge in [0.05, 0.1) is 16.5 Å². The van der Waals surface area contributed by atoms with Crippen molar-refractivity contribution in [3.8, 4) is 0 Å². The minimum absolute atomic E-state index is 0.104. The fourth-order valence-corrected chi connectivity index (χ4v) is 3.91. The zero-order valence-corrected chi connectivity index (χ0v) is 18.5. The van der Waals surface area contributed by atoms with E-state index in [0.717, 1.165) is 0 Å². The summed E-state index contributed by atoms with van der Waals surface area (Å²) >= 11 is 6.14. The van der Waals surface area contributed by atoms with Crippen LogP contribution < -0.4 is 16.2 Å². The van der Waals surface area contributed by atoms with Crippen molar-refractivity contribution in [3.63, 3.8) is 0 Å². The number of nitrogens with zero attached hydrogens (tertiary/aromatic N) is 2. The summed E-state index contributed by atoms with van der Waals surface area (Å²) in [7, 11) is -2.80. The largest absolute Gasteiger partial charge is 0.459 e. The smallest absolute Gasteiger partial charge is 0.327 e. The summed E-state index contributed by atoms with van der Waals surface area (Å²) in [5.41, 5.74) is 10.0. The first-order valence-corrected chi connectivity index (χ1v) is 10.6. The van der Waals surface area contributed by atoms with E-state index in [1.165, 1.54) is 31.5 Å². The maximum atomic E-state index is 12.9. The second-order valence-corrected chi connectivity index (χ2v) is 9.46. The van der Waals surface area contributed by atoms with Gasteiger partial charge < -0.3 is 20.9 Å². The maximum Gasteiger partial charge on any atom is 0.327 e. The Labute approximate surface area is 179 Å². The predicted octanol–water partition coefficient (Wildman–Crippen LogP) is 1.43. The molecular weight excluding hydrogens is 434 g/mol. The lowest BCUT2D eigenvalue weighted by Gasteiger charge is -2.24. The van der Waals surface area contributed by atoms with E-state index in [-0.39, 0.29) is 23.3 Å². The van der Waals surface area contributed by atoms with Crippen LogP contribution in [0.3, 0.4) is 0 Å². The van der Waals surface area contributed by atoms with Crippen LogP contribution in [0, 0.1) is 0 Å². The van der Waals surface area contributed by atoms with E-state index in [4.69, 9.17) is 32.5 Å². The summed E-state index contributed by atoms with van der Waals surface area (Å²) < 4.78 is 38.4. The van der Waals surface area contributed by atoms with Gasteiger partial charge in [-0.05, 0) is 32.9 Å². The van der Waals surface area contributed by atoms with Crippen molar-refractivity contribution in [1.29, 1.82) is 0 Å². The summed E-state index contributed by atoms with van der Waals surface area (Å²) in [4.78, 5) is 20.2. The SMILES string of the molecule is COC[C@@H](NS(=O)(=O)c1ccc2c(Cl)cnc(N=C(N)N)c2c1)C(=O)OC(C)(C)C. The number of hydrogen-bond acceptors (Lipinski definition) is 7. The first kappa shape index (κ1) is 23.8. The van der Waals surface area contributed by atoms with Crippen LogP contribution in [-0.4, -0.2) is 50.7 Å². The van der Waals surface area contributed by atoms with Crippen molar-refractivity contribution < 1.29 is 22.7 Å². The van der Waals surface area contributed by atoms with Gasteiger partial charge in [0, 0.05) is 24.1 Å². The zero-order valence-electron chi connectivity index (χ0n) is 17.0. The van der Waals surface area contributed by atoms with Crippen LogP contribution >= 0.6 is 11.6 Å². The molecule has 5 N–H and O–H groups in total. The van der Waals surface area contributed by atoms with Gasteiger partial charge >= 0.3 is 5.97 Å². The quantitative estimate of drug-likeness (QED) is 0.319. The number of rotatable bonds is 7. The summed E-state index contributed by atoms with van der Waals surface area (Å²) in [5.74, 6) is -0.908. The molecule has 0 unspecified atom stereocenters. The van der Waals surface area contributed by atoms with E-state index >= 15 is 0 Å². The average molecular weight is 458 g/mol. The molecule has 0 saturated heterocycles. The molecule has 12 heteroatoms. The molecule has 0 radical (unpaired) electrons. The molecule has 0 aliphatic heterocycles. The highest BCUT2D eigenvalue weighted by Gasteiger charge is 2.30. The summed E-state index contributed by atoms with van der Waals surface area (Å²) in [6.45, 7) is 4.81. The van der Waals surface area contributed by atoms with Gasteiger partial charge in [0.1, 0.15) is 11.6 Å². The lowest BCUT2D eigenvalue weighted by atomic mass is 10.1. The number of ether oxygens (including phenoxy) is 2. The molecule has 1 atom stereocenters. The molecule has 0 spiro atoms. The van der Waals surface area contributed by atoms with Crippen LogP contribution in [0.5, 0.6) is 0 Å². The zero-order chi connectivity index (χ0) is 22.7. The number of carbonyl (C=O) groups excluding carboxylic acids is 1. The van der Waals surface area contributed by atoms with E-state index in [1.807, 2.05) is 0 Å². The highest BCUT2D eigenvalue weighted by molar-refractivity contribution is 7.89. The fraction of sp³-hybridized carbons (Fsp3) is 0.389. The van der Waals surface area contributed by atoms with Crippen LogP contribution in [-0.2, 0) is 24.3 Å². The number of hydrogen-bond donors (Lipinski definition) is 3. The summed E-state index contributed by atoms with van der Waals surface area (Å²) in [5, 5.41) is 1.12. The molecule has 0 amide bonds. The minimum atomic E-state index is -4.14. The lowest BCUT2D eigenvalue weighted by Crippen LogP contribution is -2.46. The Morgan fingerprint density at radius 3 is 2.53 bits per heavy atom. The van der Waals surface area contributed by atoms with Crippen molar-refractivity contribution in [2.24, 2.45) is 16.5 Å². The monoisotopic (exact) mass is 457 g/mol. The molecule has 0 aliphatic carbocycles. The number of carbonyl (C=O) groups is 1. The highest BCUT2D eigenvalue weighted by Crippen LogP contribution is 2.31. The number of guanidine groups is 1. The number of aromatic nitrogens is 1. The molecule has 0 aliphatic rings. The molecule has 0 fully saturated rings. The van der Waals surface area contributed by atoms with Crippen molar-refractivity contribution >= 4 is 50.1 Å². The van der Waals surface area contributed by atoms with Gasteiger partial charge in [0.15, 0.2) is 11.8 Å². The number of methoxy groups -OCH3 is 1. The minimum Gasteiger partial charge on any atom is -0.459 e. The molecule has 0 bridgehead atoms.